The SMILES string of the molecule is C=CCP(=O)(CC)OCC. The summed E-state index contributed by atoms with van der Waals surface area (Å²) in [5.74, 6) is 0. The maximum absolute atomic E-state index is 11.5. The van der Waals surface area contributed by atoms with Gasteiger partial charge < -0.3 is 4.52 Å². The van der Waals surface area contributed by atoms with Crippen molar-refractivity contribution in [3.05, 3.63) is 12.7 Å². The normalized spacial score (nSPS) is 16.2. The van der Waals surface area contributed by atoms with Crippen LogP contribution in [0.2, 0.25) is 0 Å². The summed E-state index contributed by atoms with van der Waals surface area (Å²) in [4.78, 5) is 0. The minimum atomic E-state index is -2.32. The van der Waals surface area contributed by atoms with Gasteiger partial charge in [0.15, 0.2) is 0 Å². The molecule has 0 heterocycles. The van der Waals surface area contributed by atoms with E-state index >= 15 is 0 Å². The van der Waals surface area contributed by atoms with Crippen LogP contribution < -0.4 is 0 Å². The van der Waals surface area contributed by atoms with E-state index in [1.807, 2.05) is 13.8 Å². The van der Waals surface area contributed by atoms with Crippen molar-refractivity contribution in [2.75, 3.05) is 18.9 Å². The first kappa shape index (κ1) is 9.93. The van der Waals surface area contributed by atoms with E-state index in [0.29, 0.717) is 18.9 Å². The van der Waals surface area contributed by atoms with Crippen LogP contribution in [0.15, 0.2) is 12.7 Å². The van der Waals surface area contributed by atoms with Crippen LogP contribution in [0.5, 0.6) is 0 Å². The van der Waals surface area contributed by atoms with E-state index in [2.05, 4.69) is 6.58 Å². The fourth-order valence-corrected chi connectivity index (χ4v) is 2.12. The minimum Gasteiger partial charge on any atom is -0.329 e. The van der Waals surface area contributed by atoms with E-state index < -0.39 is 7.37 Å². The lowest BCUT2D eigenvalue weighted by molar-refractivity contribution is 0.336. The Kier molecular flexibility index (Phi) is 4.67. The van der Waals surface area contributed by atoms with E-state index in [1.165, 1.54) is 0 Å². The molecule has 0 saturated heterocycles. The zero-order valence-corrected chi connectivity index (χ0v) is 7.56. The predicted octanol–water partition coefficient (Wildman–Crippen LogP) is 2.51. The molecule has 1 unspecified atom stereocenters. The van der Waals surface area contributed by atoms with Gasteiger partial charge >= 0.3 is 0 Å². The van der Waals surface area contributed by atoms with Gasteiger partial charge in [-0.15, -0.1) is 6.58 Å². The van der Waals surface area contributed by atoms with Gasteiger partial charge in [0, 0.05) is 12.3 Å². The van der Waals surface area contributed by atoms with E-state index in [9.17, 15) is 4.57 Å². The molecule has 60 valence electrons. The minimum absolute atomic E-state index is 0.497. The lowest BCUT2D eigenvalue weighted by Crippen LogP contribution is -1.95. The topological polar surface area (TPSA) is 26.3 Å². The summed E-state index contributed by atoms with van der Waals surface area (Å²) in [5, 5.41) is 0. The molecule has 2 nitrogen and oxygen atoms in total. The summed E-state index contributed by atoms with van der Waals surface area (Å²) in [6, 6.07) is 0. The van der Waals surface area contributed by atoms with E-state index in [-0.39, 0.29) is 0 Å². The summed E-state index contributed by atoms with van der Waals surface area (Å²) in [6.07, 6.45) is 2.75. The van der Waals surface area contributed by atoms with E-state index in [0.717, 1.165) is 0 Å². The maximum Gasteiger partial charge on any atom is 0.206 e. The van der Waals surface area contributed by atoms with Crippen molar-refractivity contribution < 1.29 is 9.09 Å². The Morgan fingerprint density at radius 1 is 1.60 bits per heavy atom. The Bertz CT molecular complexity index is 143. The molecule has 0 aliphatic rings. The first-order valence-corrected chi connectivity index (χ1v) is 5.51. The van der Waals surface area contributed by atoms with Crippen molar-refractivity contribution in [2.24, 2.45) is 0 Å². The van der Waals surface area contributed by atoms with Crippen molar-refractivity contribution in [1.29, 1.82) is 0 Å². The van der Waals surface area contributed by atoms with Crippen LogP contribution in [0.1, 0.15) is 13.8 Å². The Labute approximate surface area is 62.7 Å². The summed E-state index contributed by atoms with van der Waals surface area (Å²) < 4.78 is 16.6. The van der Waals surface area contributed by atoms with Gasteiger partial charge in [-0.1, -0.05) is 13.0 Å². The molecule has 0 aliphatic heterocycles. The average Bonchev–Trinajstić information content (AvgIpc) is 1.89. The van der Waals surface area contributed by atoms with Crippen LogP contribution in [0, 0.1) is 0 Å². The van der Waals surface area contributed by atoms with Crippen LogP contribution in [0.25, 0.3) is 0 Å². The molecule has 0 aromatic rings. The largest absolute Gasteiger partial charge is 0.329 e. The molecule has 10 heavy (non-hydrogen) atoms. The molecule has 0 spiro atoms. The predicted molar refractivity (Wildman–Crippen MR) is 44.8 cm³/mol. The van der Waals surface area contributed by atoms with Gasteiger partial charge in [0.25, 0.3) is 0 Å². The van der Waals surface area contributed by atoms with Crippen LogP contribution >= 0.6 is 7.37 Å². The van der Waals surface area contributed by atoms with Gasteiger partial charge in [-0.3, -0.25) is 4.57 Å². The van der Waals surface area contributed by atoms with Crippen molar-refractivity contribution in [2.45, 2.75) is 13.8 Å². The molecule has 0 saturated carbocycles. The summed E-state index contributed by atoms with van der Waals surface area (Å²) in [6.45, 7) is 7.78. The number of rotatable bonds is 5. The van der Waals surface area contributed by atoms with Crippen LogP contribution in [-0.4, -0.2) is 18.9 Å². The molecule has 0 fully saturated rings. The highest BCUT2D eigenvalue weighted by atomic mass is 31.2. The fourth-order valence-electron chi connectivity index (χ4n) is 0.705. The van der Waals surface area contributed by atoms with Gasteiger partial charge in [0.05, 0.1) is 6.61 Å². The molecule has 0 N–H and O–H groups in total. The highest BCUT2D eigenvalue weighted by Gasteiger charge is 2.16. The molecule has 0 aliphatic carbocycles. The van der Waals surface area contributed by atoms with Gasteiger partial charge in [-0.05, 0) is 6.92 Å². The molecule has 0 rings (SSSR count). The summed E-state index contributed by atoms with van der Waals surface area (Å²) in [7, 11) is -2.32. The third-order valence-corrected chi connectivity index (χ3v) is 3.76. The Hall–Kier alpha value is -0.0700. The summed E-state index contributed by atoms with van der Waals surface area (Å²) >= 11 is 0. The summed E-state index contributed by atoms with van der Waals surface area (Å²) in [5.41, 5.74) is 0. The van der Waals surface area contributed by atoms with Crippen LogP contribution in [0.4, 0.5) is 0 Å². The van der Waals surface area contributed by atoms with E-state index in [1.54, 1.807) is 6.08 Å². The monoisotopic (exact) mass is 162 g/mol. The molecule has 0 amide bonds. The second kappa shape index (κ2) is 4.70. The van der Waals surface area contributed by atoms with Gasteiger partial charge in [0.2, 0.25) is 7.37 Å². The number of allylic oxidation sites excluding steroid dienone is 1. The second-order valence-corrected chi connectivity index (χ2v) is 4.90. The molecule has 0 bridgehead atoms. The third kappa shape index (κ3) is 3.19. The van der Waals surface area contributed by atoms with Gasteiger partial charge in [0.1, 0.15) is 0 Å². The quantitative estimate of drug-likeness (QED) is 0.458. The Balaban J connectivity index is 3.94. The smallest absolute Gasteiger partial charge is 0.206 e. The third-order valence-electron chi connectivity index (χ3n) is 1.25. The zero-order chi connectivity index (χ0) is 8.04. The highest BCUT2D eigenvalue weighted by molar-refractivity contribution is 7.59. The van der Waals surface area contributed by atoms with Crippen molar-refractivity contribution >= 4 is 7.37 Å². The van der Waals surface area contributed by atoms with Gasteiger partial charge in [-0.25, -0.2) is 0 Å². The molecule has 0 aromatic heterocycles. The van der Waals surface area contributed by atoms with Gasteiger partial charge in [-0.2, -0.15) is 0 Å². The average molecular weight is 162 g/mol. The molecular weight excluding hydrogens is 147 g/mol. The van der Waals surface area contributed by atoms with E-state index in [4.69, 9.17) is 4.52 Å². The lowest BCUT2D eigenvalue weighted by Gasteiger charge is -2.12. The number of hydrogen-bond acceptors (Lipinski definition) is 2. The maximum atomic E-state index is 11.5. The fraction of sp³-hybridized carbons (Fsp3) is 0.714. The first-order valence-electron chi connectivity index (χ1n) is 3.52. The Morgan fingerprint density at radius 2 is 2.20 bits per heavy atom. The molecule has 3 heteroatoms. The first-order chi connectivity index (χ1) is 4.68. The van der Waals surface area contributed by atoms with Crippen LogP contribution in [0.3, 0.4) is 0 Å². The molecule has 0 radical (unpaired) electrons. The number of hydrogen-bond donors (Lipinski definition) is 0. The zero-order valence-electron chi connectivity index (χ0n) is 6.67. The van der Waals surface area contributed by atoms with Crippen molar-refractivity contribution in [3.8, 4) is 0 Å². The molecule has 0 aromatic carbocycles. The van der Waals surface area contributed by atoms with Crippen molar-refractivity contribution in [3.63, 3.8) is 0 Å². The molecule has 1 atom stereocenters. The van der Waals surface area contributed by atoms with Crippen LogP contribution in [-0.2, 0) is 9.09 Å². The highest BCUT2D eigenvalue weighted by Crippen LogP contribution is 2.45. The Morgan fingerprint density at radius 3 is 2.50 bits per heavy atom. The molecular formula is C7H15O2P. The lowest BCUT2D eigenvalue weighted by atomic mass is 10.8. The standard InChI is InChI=1S/C7H15O2P/c1-4-7-10(8,6-3)9-5-2/h4H,1,5-7H2,2-3H3. The second-order valence-electron chi connectivity index (χ2n) is 2.02. The van der Waals surface area contributed by atoms with Crippen molar-refractivity contribution in [1.82, 2.24) is 0 Å².